The van der Waals surface area contributed by atoms with E-state index in [2.05, 4.69) is 16.1 Å². The fourth-order valence-corrected chi connectivity index (χ4v) is 2.33. The average Bonchev–Trinajstić information content (AvgIpc) is 2.63. The number of alkyl halides is 10. The minimum absolute atomic E-state index is 0.0332. The number of esters is 1. The fourth-order valence-electron chi connectivity index (χ4n) is 1.86. The Morgan fingerprint density at radius 2 is 1.50 bits per heavy atom. The molecule has 0 aromatic rings. The quantitative estimate of drug-likeness (QED) is 0.100. The third kappa shape index (κ3) is 7.17. The average molecular weight is 544 g/mol. The van der Waals surface area contributed by atoms with Crippen LogP contribution in [0.5, 0.6) is 0 Å². The van der Waals surface area contributed by atoms with Crippen molar-refractivity contribution in [1.29, 1.82) is 0 Å². The van der Waals surface area contributed by atoms with Crippen molar-refractivity contribution in [3.05, 3.63) is 12.2 Å². The van der Waals surface area contributed by atoms with Crippen LogP contribution in [-0.2, 0) is 29.2 Å². The lowest BCUT2D eigenvalue weighted by Gasteiger charge is -2.34. The van der Waals surface area contributed by atoms with Gasteiger partial charge in [0, 0.05) is 13.0 Å². The molecule has 0 radical (unpaired) electrons. The Hall–Kier alpha value is -2.15. The van der Waals surface area contributed by atoms with Gasteiger partial charge in [-0.2, -0.15) is 43.9 Å². The summed E-state index contributed by atoms with van der Waals surface area (Å²) in [5.41, 5.74) is -2.58. The highest BCUT2D eigenvalue weighted by atomic mass is 32.2. The van der Waals surface area contributed by atoms with Gasteiger partial charge in [0.15, 0.2) is 10.1 Å². The van der Waals surface area contributed by atoms with E-state index in [1.54, 1.807) is 0 Å². The monoisotopic (exact) mass is 544 g/mol. The summed E-state index contributed by atoms with van der Waals surface area (Å²) in [6, 6.07) is 0. The Balaban J connectivity index is 6.21. The Morgan fingerprint density at radius 3 is 1.88 bits per heavy atom. The number of rotatable bonds is 12. The largest absolute Gasteiger partial charge is 0.743 e. The van der Waals surface area contributed by atoms with Gasteiger partial charge in [-0.1, -0.05) is 19.9 Å². The summed E-state index contributed by atoms with van der Waals surface area (Å²) in [7, 11) is -7.04. The number of hydrogen-bond donors (Lipinski definition) is 1. The molecule has 0 saturated heterocycles. The molecule has 8 nitrogen and oxygen atoms in total. The van der Waals surface area contributed by atoms with Crippen LogP contribution in [0.15, 0.2) is 12.2 Å². The minimum Gasteiger partial charge on any atom is -0.743 e. The molecule has 0 aromatic heterocycles. The maximum Gasteiger partial charge on any atom is 0.466 e. The highest BCUT2D eigenvalue weighted by Crippen LogP contribution is 2.42. The molecule has 19 heteroatoms. The van der Waals surface area contributed by atoms with Gasteiger partial charge in [-0.05, 0) is 6.42 Å². The van der Waals surface area contributed by atoms with E-state index in [1.165, 1.54) is 12.2 Å². The molecule has 1 N–H and O–H groups in total. The Morgan fingerprint density at radius 1 is 1.00 bits per heavy atom. The zero-order valence-electron chi connectivity index (χ0n) is 16.8. The van der Waals surface area contributed by atoms with Gasteiger partial charge >= 0.3 is 41.2 Å². The molecule has 0 aliphatic carbocycles. The third-order valence-corrected chi connectivity index (χ3v) is 4.70. The van der Waals surface area contributed by atoms with Crippen LogP contribution in [0.4, 0.5) is 43.9 Å². The SMILES string of the molecule is C=C(C(=O)OC(OCCC(F)(F)C(F)(F)S(=O)(=O)[O-])(C(=O)NCCCC)C(F)(F)F)C(F)(F)F. The van der Waals surface area contributed by atoms with Gasteiger partial charge in [-0.15, -0.1) is 0 Å². The first-order valence-electron chi connectivity index (χ1n) is 8.67. The molecule has 0 aliphatic rings. The zero-order chi connectivity index (χ0) is 27.4. The van der Waals surface area contributed by atoms with Gasteiger partial charge < -0.3 is 19.3 Å². The van der Waals surface area contributed by atoms with Crippen LogP contribution >= 0.6 is 0 Å². The third-order valence-electron chi connectivity index (χ3n) is 3.77. The molecule has 0 aromatic carbocycles. The molecule has 0 rings (SSSR count). The van der Waals surface area contributed by atoms with Gasteiger partial charge in [-0.3, -0.25) is 4.79 Å². The molecule has 1 unspecified atom stereocenters. The second kappa shape index (κ2) is 10.6. The zero-order valence-corrected chi connectivity index (χ0v) is 17.6. The lowest BCUT2D eigenvalue weighted by molar-refractivity contribution is -0.350. The minimum atomic E-state index is -7.04. The highest BCUT2D eigenvalue weighted by Gasteiger charge is 2.68. The standard InChI is InChI=1S/C15H17F10NO7S/c1-3-4-6-26-10(28)12(14(21,22)23,33-9(27)8(2)13(18,19)20)32-7-5-11(16,17)15(24,25)34(29,30)31/h2-7H2,1H3,(H,26,28)(H,29,30,31)/p-1. The van der Waals surface area contributed by atoms with Crippen molar-refractivity contribution < 1.29 is 75.9 Å². The van der Waals surface area contributed by atoms with E-state index in [0.717, 1.165) is 0 Å². The normalized spacial score (nSPS) is 15.4. The fraction of sp³-hybridized carbons (Fsp3) is 0.733. The van der Waals surface area contributed by atoms with Crippen molar-refractivity contribution in [2.45, 2.75) is 55.5 Å². The first kappa shape index (κ1) is 31.9. The van der Waals surface area contributed by atoms with Crippen molar-refractivity contribution in [3.63, 3.8) is 0 Å². The Kier molecular flexibility index (Phi) is 9.96. The molecule has 0 saturated carbocycles. The summed E-state index contributed by atoms with van der Waals surface area (Å²) in [6.07, 6.45) is -14.4. The molecule has 0 spiro atoms. The van der Waals surface area contributed by atoms with Gasteiger partial charge in [0.25, 0.3) is 0 Å². The Bertz CT molecular complexity index is 870. The van der Waals surface area contributed by atoms with Crippen molar-refractivity contribution in [1.82, 2.24) is 5.32 Å². The van der Waals surface area contributed by atoms with Gasteiger partial charge in [-0.25, -0.2) is 13.2 Å². The topological polar surface area (TPSA) is 122 Å². The van der Waals surface area contributed by atoms with E-state index in [1.807, 2.05) is 0 Å². The summed E-state index contributed by atoms with van der Waals surface area (Å²) >= 11 is 0. The van der Waals surface area contributed by atoms with Crippen LogP contribution in [0.3, 0.4) is 0 Å². The number of nitrogens with one attached hydrogen (secondary N) is 1. The molecule has 0 bridgehead atoms. The summed E-state index contributed by atoms with van der Waals surface area (Å²) in [4.78, 5) is 23.6. The summed E-state index contributed by atoms with van der Waals surface area (Å²) < 4.78 is 170. The van der Waals surface area contributed by atoms with Crippen molar-refractivity contribution in [2.75, 3.05) is 13.2 Å². The first-order chi connectivity index (χ1) is 15.0. The van der Waals surface area contributed by atoms with Crippen LogP contribution in [0.25, 0.3) is 0 Å². The van der Waals surface area contributed by atoms with E-state index in [4.69, 9.17) is 0 Å². The number of hydrogen-bond acceptors (Lipinski definition) is 7. The Labute approximate surface area is 185 Å². The summed E-state index contributed by atoms with van der Waals surface area (Å²) in [5, 5.41) is -4.89. The molecule has 1 amide bonds. The van der Waals surface area contributed by atoms with Crippen molar-refractivity contribution in [3.8, 4) is 0 Å². The number of carbonyl (C=O) groups excluding carboxylic acids is 2. The number of unbranched alkanes of at least 4 members (excludes halogenated alkanes) is 1. The van der Waals surface area contributed by atoms with E-state index in [-0.39, 0.29) is 12.8 Å². The van der Waals surface area contributed by atoms with Crippen LogP contribution in [0.2, 0.25) is 0 Å². The summed E-state index contributed by atoms with van der Waals surface area (Å²) in [6.45, 7) is 0.646. The maximum atomic E-state index is 13.6. The van der Waals surface area contributed by atoms with Gasteiger partial charge in [0.2, 0.25) is 0 Å². The maximum absolute atomic E-state index is 13.6. The summed E-state index contributed by atoms with van der Waals surface area (Å²) in [5.74, 6) is -16.4. The van der Waals surface area contributed by atoms with E-state index in [9.17, 15) is 66.5 Å². The molecule has 0 fully saturated rings. The number of carbonyl (C=O) groups is 2. The molecule has 0 aliphatic heterocycles. The predicted molar refractivity (Wildman–Crippen MR) is 88.2 cm³/mol. The number of amides is 1. The van der Waals surface area contributed by atoms with Crippen LogP contribution in [0.1, 0.15) is 26.2 Å². The van der Waals surface area contributed by atoms with Crippen LogP contribution in [-0.4, -0.2) is 67.3 Å². The molecule has 200 valence electrons. The predicted octanol–water partition coefficient (Wildman–Crippen LogP) is 3.00. The first-order valence-corrected chi connectivity index (χ1v) is 10.1. The lowest BCUT2D eigenvalue weighted by Crippen LogP contribution is -2.62. The van der Waals surface area contributed by atoms with E-state index in [0.29, 0.717) is 0 Å². The molecular formula is C15H16F10NO7S-. The van der Waals surface area contributed by atoms with Crippen LogP contribution < -0.4 is 5.32 Å². The van der Waals surface area contributed by atoms with Crippen molar-refractivity contribution in [2.24, 2.45) is 0 Å². The van der Waals surface area contributed by atoms with E-state index < -0.39 is 76.5 Å². The molecular weight excluding hydrogens is 528 g/mol. The van der Waals surface area contributed by atoms with Crippen molar-refractivity contribution >= 4 is 22.0 Å². The molecule has 34 heavy (non-hydrogen) atoms. The molecule has 0 heterocycles. The van der Waals surface area contributed by atoms with Gasteiger partial charge in [0.05, 0.1) is 6.61 Å². The lowest BCUT2D eigenvalue weighted by atomic mass is 10.2. The number of ether oxygens (including phenoxy) is 2. The number of halogens is 10. The van der Waals surface area contributed by atoms with Gasteiger partial charge in [0.1, 0.15) is 5.57 Å². The van der Waals surface area contributed by atoms with Crippen LogP contribution in [0, 0.1) is 0 Å². The smallest absolute Gasteiger partial charge is 0.466 e. The highest BCUT2D eigenvalue weighted by molar-refractivity contribution is 7.86. The second-order valence-electron chi connectivity index (χ2n) is 6.36. The van der Waals surface area contributed by atoms with E-state index >= 15 is 0 Å². The second-order valence-corrected chi connectivity index (χ2v) is 7.78. The molecule has 1 atom stereocenters.